The number of amides is 1. The molecule has 1 aromatic carbocycles. The van der Waals surface area contributed by atoms with Crippen molar-refractivity contribution in [3.05, 3.63) is 54.2 Å². The molecule has 3 heterocycles. The van der Waals surface area contributed by atoms with E-state index < -0.39 is 24.9 Å². The van der Waals surface area contributed by atoms with Gasteiger partial charge in [-0.2, -0.15) is 0 Å². The Morgan fingerprint density at radius 1 is 1.00 bits per heavy atom. The lowest BCUT2D eigenvalue weighted by Gasteiger charge is -2.35. The van der Waals surface area contributed by atoms with Crippen molar-refractivity contribution in [3.8, 4) is 0 Å². The Bertz CT molecular complexity index is 1120. The van der Waals surface area contributed by atoms with Crippen molar-refractivity contribution in [3.63, 3.8) is 0 Å². The van der Waals surface area contributed by atoms with Crippen LogP contribution in [-0.2, 0) is 19.7 Å². The van der Waals surface area contributed by atoms with Gasteiger partial charge in [-0.25, -0.2) is 21.8 Å². The van der Waals surface area contributed by atoms with E-state index in [9.17, 15) is 21.6 Å². The summed E-state index contributed by atoms with van der Waals surface area (Å²) in [4.78, 5) is 21.1. The number of hydrogen-bond acceptors (Lipinski definition) is 7. The van der Waals surface area contributed by atoms with E-state index in [0.29, 0.717) is 31.7 Å². The minimum Gasteiger partial charge on any atom is -0.353 e. The van der Waals surface area contributed by atoms with Crippen molar-refractivity contribution in [2.75, 3.05) is 42.6 Å². The van der Waals surface area contributed by atoms with E-state index >= 15 is 0 Å². The van der Waals surface area contributed by atoms with Gasteiger partial charge in [0.15, 0.2) is 19.7 Å². The third-order valence-corrected chi connectivity index (χ3v) is 9.79. The lowest BCUT2D eigenvalue weighted by atomic mass is 10.2. The highest BCUT2D eigenvalue weighted by Gasteiger charge is 2.38. The Balaban J connectivity index is 1.41. The van der Waals surface area contributed by atoms with E-state index in [1.165, 1.54) is 24.3 Å². The van der Waals surface area contributed by atoms with Crippen LogP contribution in [0.1, 0.15) is 16.8 Å². The summed E-state index contributed by atoms with van der Waals surface area (Å²) < 4.78 is 48.7. The summed E-state index contributed by atoms with van der Waals surface area (Å²) in [5.74, 6) is 0.297. The standard InChI is InChI=1S/C20H23N3O5S2/c24-20(23-12-10-22(11-13-23)19-3-1-2-9-21-19)16-4-6-17(7-5-16)30(27,28)18-8-14-29(25,26)15-18/h1-7,9,18H,8,10-15H2. The normalized spacial score (nSPS) is 21.5. The molecule has 0 spiro atoms. The Kier molecular flexibility index (Phi) is 5.54. The number of pyridine rings is 1. The molecule has 10 heteroatoms. The van der Waals surface area contributed by atoms with E-state index in [1.54, 1.807) is 11.1 Å². The molecule has 30 heavy (non-hydrogen) atoms. The molecule has 1 unspecified atom stereocenters. The minimum atomic E-state index is -3.73. The molecule has 0 N–H and O–H groups in total. The van der Waals surface area contributed by atoms with Gasteiger partial charge >= 0.3 is 0 Å². The monoisotopic (exact) mass is 449 g/mol. The van der Waals surface area contributed by atoms with Crippen LogP contribution in [0.25, 0.3) is 0 Å². The maximum Gasteiger partial charge on any atom is 0.253 e. The van der Waals surface area contributed by atoms with Gasteiger partial charge in [0.2, 0.25) is 0 Å². The zero-order valence-electron chi connectivity index (χ0n) is 16.3. The molecule has 0 aliphatic carbocycles. The fraction of sp³-hybridized carbons (Fsp3) is 0.400. The number of carbonyl (C=O) groups excluding carboxylic acids is 1. The topological polar surface area (TPSA) is 105 Å². The highest BCUT2D eigenvalue weighted by atomic mass is 32.2. The van der Waals surface area contributed by atoms with E-state index in [4.69, 9.17) is 0 Å². The number of carbonyl (C=O) groups is 1. The molecule has 1 atom stereocenters. The van der Waals surface area contributed by atoms with Crippen molar-refractivity contribution in [1.29, 1.82) is 0 Å². The predicted molar refractivity (Wildman–Crippen MR) is 113 cm³/mol. The predicted octanol–water partition coefficient (Wildman–Crippen LogP) is 1.00. The van der Waals surface area contributed by atoms with Crippen LogP contribution >= 0.6 is 0 Å². The molecule has 2 saturated heterocycles. The van der Waals surface area contributed by atoms with Crippen molar-refractivity contribution in [1.82, 2.24) is 9.88 Å². The second-order valence-corrected chi connectivity index (χ2v) is 12.0. The molecule has 2 aliphatic rings. The average Bonchev–Trinajstić information content (AvgIpc) is 3.14. The number of benzene rings is 1. The van der Waals surface area contributed by atoms with Gasteiger partial charge < -0.3 is 9.80 Å². The van der Waals surface area contributed by atoms with Crippen LogP contribution in [0.4, 0.5) is 5.82 Å². The van der Waals surface area contributed by atoms with E-state index in [1.807, 2.05) is 18.2 Å². The SMILES string of the molecule is O=C(c1ccc(S(=O)(=O)C2CCS(=O)(=O)C2)cc1)N1CCN(c2ccccn2)CC1. The Morgan fingerprint density at radius 2 is 1.70 bits per heavy atom. The van der Waals surface area contributed by atoms with E-state index in [2.05, 4.69) is 9.88 Å². The number of piperazine rings is 1. The van der Waals surface area contributed by atoms with E-state index in [0.717, 1.165) is 5.82 Å². The van der Waals surface area contributed by atoms with Crippen LogP contribution < -0.4 is 4.90 Å². The zero-order valence-corrected chi connectivity index (χ0v) is 18.0. The first-order valence-electron chi connectivity index (χ1n) is 9.76. The van der Waals surface area contributed by atoms with Crippen molar-refractivity contribution < 1.29 is 21.6 Å². The second-order valence-electron chi connectivity index (χ2n) is 7.56. The first-order chi connectivity index (χ1) is 14.3. The van der Waals surface area contributed by atoms with E-state index in [-0.39, 0.29) is 28.7 Å². The van der Waals surface area contributed by atoms with Gasteiger partial charge in [0.05, 0.1) is 21.7 Å². The fourth-order valence-electron chi connectivity index (χ4n) is 3.85. The van der Waals surface area contributed by atoms with Gasteiger partial charge in [0.1, 0.15) is 5.82 Å². The fourth-order valence-corrected chi connectivity index (χ4v) is 8.21. The maximum absolute atomic E-state index is 12.8. The smallest absolute Gasteiger partial charge is 0.253 e. The van der Waals surface area contributed by atoms with Gasteiger partial charge in [0, 0.05) is 37.9 Å². The summed E-state index contributed by atoms with van der Waals surface area (Å²) in [6.07, 6.45) is 1.86. The zero-order chi connectivity index (χ0) is 21.4. The first-order valence-corrected chi connectivity index (χ1v) is 13.1. The van der Waals surface area contributed by atoms with Crippen LogP contribution in [0.5, 0.6) is 0 Å². The quantitative estimate of drug-likeness (QED) is 0.686. The molecule has 0 saturated carbocycles. The molecule has 1 aromatic heterocycles. The molecule has 2 aliphatic heterocycles. The summed E-state index contributed by atoms with van der Waals surface area (Å²) in [5, 5.41) is -0.913. The lowest BCUT2D eigenvalue weighted by molar-refractivity contribution is 0.0746. The van der Waals surface area contributed by atoms with Crippen molar-refractivity contribution in [2.24, 2.45) is 0 Å². The number of sulfone groups is 2. The van der Waals surface area contributed by atoms with Gasteiger partial charge in [-0.3, -0.25) is 4.79 Å². The highest BCUT2D eigenvalue weighted by molar-refractivity contribution is 7.96. The van der Waals surface area contributed by atoms with Gasteiger partial charge in [-0.1, -0.05) is 6.07 Å². The summed E-state index contributed by atoms with van der Waals surface area (Å²) in [6, 6.07) is 11.5. The molecular formula is C20H23N3O5S2. The number of hydrogen-bond donors (Lipinski definition) is 0. The Labute approximate surface area is 176 Å². The molecule has 0 radical (unpaired) electrons. The van der Waals surface area contributed by atoms with Gasteiger partial charge in [-0.05, 0) is 42.8 Å². The van der Waals surface area contributed by atoms with Gasteiger partial charge in [0.25, 0.3) is 5.91 Å². The number of aromatic nitrogens is 1. The third kappa shape index (κ3) is 4.20. The molecule has 160 valence electrons. The summed E-state index contributed by atoms with van der Waals surface area (Å²) in [7, 11) is -7.03. The summed E-state index contributed by atoms with van der Waals surface area (Å²) in [6.45, 7) is 2.45. The number of rotatable bonds is 4. The largest absolute Gasteiger partial charge is 0.353 e. The van der Waals surface area contributed by atoms with Gasteiger partial charge in [-0.15, -0.1) is 0 Å². The van der Waals surface area contributed by atoms with Crippen LogP contribution in [0.3, 0.4) is 0 Å². The minimum absolute atomic E-state index is 0.0566. The van der Waals surface area contributed by atoms with Crippen molar-refractivity contribution >= 4 is 31.4 Å². The van der Waals surface area contributed by atoms with Crippen LogP contribution in [0.2, 0.25) is 0 Å². The Hall–Kier alpha value is -2.46. The average molecular weight is 450 g/mol. The molecule has 8 nitrogen and oxygen atoms in total. The molecule has 2 aromatic rings. The van der Waals surface area contributed by atoms with Crippen LogP contribution in [0, 0.1) is 0 Å². The highest BCUT2D eigenvalue weighted by Crippen LogP contribution is 2.26. The van der Waals surface area contributed by atoms with Crippen molar-refractivity contribution in [2.45, 2.75) is 16.6 Å². The third-order valence-electron chi connectivity index (χ3n) is 5.60. The number of anilines is 1. The molecular weight excluding hydrogens is 426 g/mol. The molecule has 4 rings (SSSR count). The van der Waals surface area contributed by atoms with Crippen LogP contribution in [-0.4, -0.2) is 75.6 Å². The summed E-state index contributed by atoms with van der Waals surface area (Å²) >= 11 is 0. The van der Waals surface area contributed by atoms with Crippen LogP contribution in [0.15, 0.2) is 53.6 Å². The Morgan fingerprint density at radius 3 is 2.27 bits per heavy atom. The second kappa shape index (κ2) is 7.99. The molecule has 0 bridgehead atoms. The first kappa shape index (κ1) is 20.8. The lowest BCUT2D eigenvalue weighted by Crippen LogP contribution is -2.49. The molecule has 2 fully saturated rings. The number of nitrogens with zero attached hydrogens (tertiary/aromatic N) is 3. The molecule has 1 amide bonds. The maximum atomic E-state index is 12.8. The summed E-state index contributed by atoms with van der Waals surface area (Å²) in [5.41, 5.74) is 0.416.